The SMILES string of the molecule is Cc1cc(C#N)nc(NCCCOCC(C)C)n1. The van der Waals surface area contributed by atoms with Crippen molar-refractivity contribution in [2.75, 3.05) is 25.1 Å². The Bertz CT molecular complexity index is 412. The number of nitrogens with one attached hydrogen (secondary N) is 1. The molecule has 1 aromatic rings. The maximum atomic E-state index is 8.79. The Morgan fingerprint density at radius 2 is 2.22 bits per heavy atom. The van der Waals surface area contributed by atoms with Crippen molar-refractivity contribution in [2.45, 2.75) is 27.2 Å². The van der Waals surface area contributed by atoms with E-state index in [0.717, 1.165) is 31.9 Å². The normalized spacial score (nSPS) is 10.4. The van der Waals surface area contributed by atoms with Crippen molar-refractivity contribution in [3.05, 3.63) is 17.5 Å². The predicted molar refractivity (Wildman–Crippen MR) is 70.2 cm³/mol. The summed E-state index contributed by atoms with van der Waals surface area (Å²) in [6.07, 6.45) is 0.895. The zero-order valence-electron chi connectivity index (χ0n) is 11.2. The fourth-order valence-electron chi connectivity index (χ4n) is 1.40. The maximum Gasteiger partial charge on any atom is 0.224 e. The molecule has 5 heteroatoms. The molecule has 0 aliphatic rings. The average molecular weight is 248 g/mol. The number of aryl methyl sites for hydroxylation is 1. The molecule has 0 aromatic carbocycles. The lowest BCUT2D eigenvalue weighted by atomic mass is 10.2. The highest BCUT2D eigenvalue weighted by Crippen LogP contribution is 2.03. The summed E-state index contributed by atoms with van der Waals surface area (Å²) in [7, 11) is 0. The summed E-state index contributed by atoms with van der Waals surface area (Å²) in [5.41, 5.74) is 1.18. The van der Waals surface area contributed by atoms with E-state index in [4.69, 9.17) is 10.00 Å². The number of nitriles is 1. The van der Waals surface area contributed by atoms with Crippen LogP contribution in [0.15, 0.2) is 6.07 Å². The molecule has 0 fully saturated rings. The fourth-order valence-corrected chi connectivity index (χ4v) is 1.40. The first-order valence-corrected chi connectivity index (χ1v) is 6.19. The summed E-state index contributed by atoms with van der Waals surface area (Å²) < 4.78 is 5.47. The molecule has 1 N–H and O–H groups in total. The van der Waals surface area contributed by atoms with Gasteiger partial charge in [0.15, 0.2) is 0 Å². The van der Waals surface area contributed by atoms with Crippen molar-refractivity contribution in [1.82, 2.24) is 9.97 Å². The predicted octanol–water partition coefficient (Wildman–Crippen LogP) is 2.13. The molecule has 5 nitrogen and oxygen atoms in total. The van der Waals surface area contributed by atoms with Gasteiger partial charge in [-0.05, 0) is 25.3 Å². The molecule has 0 aliphatic heterocycles. The number of nitrogens with zero attached hydrogens (tertiary/aromatic N) is 3. The van der Waals surface area contributed by atoms with Gasteiger partial charge in [0.05, 0.1) is 0 Å². The Hall–Kier alpha value is -1.67. The van der Waals surface area contributed by atoms with Crippen molar-refractivity contribution in [3.8, 4) is 6.07 Å². The van der Waals surface area contributed by atoms with E-state index in [-0.39, 0.29) is 0 Å². The van der Waals surface area contributed by atoms with Crippen LogP contribution in [-0.2, 0) is 4.74 Å². The molecule has 18 heavy (non-hydrogen) atoms. The Balaban J connectivity index is 2.27. The summed E-state index contributed by atoms with van der Waals surface area (Å²) >= 11 is 0. The summed E-state index contributed by atoms with van der Waals surface area (Å²) in [6.45, 7) is 8.36. The minimum atomic E-state index is 0.390. The van der Waals surface area contributed by atoms with Crippen molar-refractivity contribution >= 4 is 5.95 Å². The molecule has 0 spiro atoms. The molecule has 0 radical (unpaired) electrons. The second-order valence-corrected chi connectivity index (χ2v) is 4.58. The van der Waals surface area contributed by atoms with Gasteiger partial charge in [-0.15, -0.1) is 0 Å². The maximum absolute atomic E-state index is 8.79. The van der Waals surface area contributed by atoms with E-state index in [9.17, 15) is 0 Å². The Morgan fingerprint density at radius 1 is 1.44 bits per heavy atom. The summed E-state index contributed by atoms with van der Waals surface area (Å²) in [4.78, 5) is 8.29. The molecule has 0 amide bonds. The number of ether oxygens (including phenoxy) is 1. The van der Waals surface area contributed by atoms with Crippen LogP contribution in [0.5, 0.6) is 0 Å². The molecular formula is C13H20N4O. The standard InChI is InChI=1S/C13H20N4O/c1-10(2)9-18-6-4-5-15-13-16-11(3)7-12(8-14)17-13/h7,10H,4-6,9H2,1-3H3,(H,15,16,17). The fraction of sp³-hybridized carbons (Fsp3) is 0.615. The Morgan fingerprint density at radius 3 is 2.89 bits per heavy atom. The third kappa shape index (κ3) is 5.60. The van der Waals surface area contributed by atoms with Gasteiger partial charge in [-0.3, -0.25) is 0 Å². The van der Waals surface area contributed by atoms with Gasteiger partial charge in [-0.25, -0.2) is 9.97 Å². The second kappa shape index (κ2) is 7.62. The van der Waals surface area contributed by atoms with Gasteiger partial charge in [-0.2, -0.15) is 5.26 Å². The van der Waals surface area contributed by atoms with Gasteiger partial charge < -0.3 is 10.1 Å². The van der Waals surface area contributed by atoms with E-state index >= 15 is 0 Å². The monoisotopic (exact) mass is 248 g/mol. The molecule has 0 saturated heterocycles. The highest BCUT2D eigenvalue weighted by atomic mass is 16.5. The van der Waals surface area contributed by atoms with Crippen LogP contribution in [0.3, 0.4) is 0 Å². The third-order valence-corrected chi connectivity index (χ3v) is 2.17. The number of rotatable bonds is 7. The third-order valence-electron chi connectivity index (χ3n) is 2.17. The van der Waals surface area contributed by atoms with Crippen LogP contribution >= 0.6 is 0 Å². The molecule has 0 aliphatic carbocycles. The van der Waals surface area contributed by atoms with Crippen molar-refractivity contribution in [3.63, 3.8) is 0 Å². The highest BCUT2D eigenvalue weighted by molar-refractivity contribution is 5.32. The first-order chi connectivity index (χ1) is 8.61. The van der Waals surface area contributed by atoms with E-state index in [2.05, 4.69) is 29.1 Å². The summed E-state index contributed by atoms with van der Waals surface area (Å²) in [5.74, 6) is 1.08. The van der Waals surface area contributed by atoms with Crippen LogP contribution in [0, 0.1) is 24.2 Å². The van der Waals surface area contributed by atoms with Gasteiger partial charge in [0, 0.05) is 25.5 Å². The summed E-state index contributed by atoms with van der Waals surface area (Å²) in [5, 5.41) is 11.9. The van der Waals surface area contributed by atoms with Crippen molar-refractivity contribution < 1.29 is 4.74 Å². The molecule has 0 saturated carbocycles. The van der Waals surface area contributed by atoms with Crippen LogP contribution < -0.4 is 5.32 Å². The van der Waals surface area contributed by atoms with Gasteiger partial charge in [0.2, 0.25) is 5.95 Å². The lowest BCUT2D eigenvalue weighted by Gasteiger charge is -2.08. The number of aromatic nitrogens is 2. The lowest BCUT2D eigenvalue weighted by molar-refractivity contribution is 0.110. The lowest BCUT2D eigenvalue weighted by Crippen LogP contribution is -2.10. The number of hydrogen-bond donors (Lipinski definition) is 1. The highest BCUT2D eigenvalue weighted by Gasteiger charge is 2.01. The van der Waals surface area contributed by atoms with Crippen LogP contribution in [-0.4, -0.2) is 29.7 Å². The quantitative estimate of drug-likeness (QED) is 0.748. The average Bonchev–Trinajstić information content (AvgIpc) is 2.32. The Kier molecular flexibility index (Phi) is 6.09. The van der Waals surface area contributed by atoms with Gasteiger partial charge in [-0.1, -0.05) is 13.8 Å². The van der Waals surface area contributed by atoms with Gasteiger partial charge >= 0.3 is 0 Å². The first-order valence-electron chi connectivity index (χ1n) is 6.19. The van der Waals surface area contributed by atoms with Crippen molar-refractivity contribution in [2.24, 2.45) is 5.92 Å². The minimum absolute atomic E-state index is 0.390. The van der Waals surface area contributed by atoms with Crippen LogP contribution in [0.25, 0.3) is 0 Å². The van der Waals surface area contributed by atoms with Crippen LogP contribution in [0.4, 0.5) is 5.95 Å². The van der Waals surface area contributed by atoms with Gasteiger partial charge in [0.25, 0.3) is 0 Å². The second-order valence-electron chi connectivity index (χ2n) is 4.58. The van der Waals surface area contributed by atoms with E-state index in [1.807, 2.05) is 13.0 Å². The molecule has 0 bridgehead atoms. The molecule has 98 valence electrons. The number of anilines is 1. The van der Waals surface area contributed by atoms with Crippen LogP contribution in [0.2, 0.25) is 0 Å². The Labute approximate surface area is 108 Å². The van der Waals surface area contributed by atoms with E-state index in [0.29, 0.717) is 17.6 Å². The molecule has 1 aromatic heterocycles. The zero-order valence-corrected chi connectivity index (χ0v) is 11.2. The first kappa shape index (κ1) is 14.4. The minimum Gasteiger partial charge on any atom is -0.381 e. The summed E-state index contributed by atoms with van der Waals surface area (Å²) in [6, 6.07) is 3.68. The molecule has 0 unspecified atom stereocenters. The molecular weight excluding hydrogens is 228 g/mol. The topological polar surface area (TPSA) is 70.8 Å². The smallest absolute Gasteiger partial charge is 0.224 e. The molecule has 1 rings (SSSR count). The van der Waals surface area contributed by atoms with Crippen LogP contribution in [0.1, 0.15) is 31.7 Å². The zero-order chi connectivity index (χ0) is 13.4. The van der Waals surface area contributed by atoms with E-state index < -0.39 is 0 Å². The van der Waals surface area contributed by atoms with E-state index in [1.54, 1.807) is 6.07 Å². The molecule has 1 heterocycles. The van der Waals surface area contributed by atoms with E-state index in [1.165, 1.54) is 0 Å². The molecule has 0 atom stereocenters. The van der Waals surface area contributed by atoms with Gasteiger partial charge in [0.1, 0.15) is 11.8 Å². The van der Waals surface area contributed by atoms with Crippen molar-refractivity contribution in [1.29, 1.82) is 5.26 Å². The largest absolute Gasteiger partial charge is 0.381 e. The number of hydrogen-bond acceptors (Lipinski definition) is 5.